The average Bonchev–Trinajstić information content (AvgIpc) is 3.40. The molecule has 4 nitrogen and oxygen atoms in total. The molecule has 26 heteroatoms. The van der Waals surface area contributed by atoms with Gasteiger partial charge in [0.05, 0.1) is 26.4 Å². The van der Waals surface area contributed by atoms with Gasteiger partial charge in [0.25, 0.3) is 0 Å². The van der Waals surface area contributed by atoms with Crippen molar-refractivity contribution in [2.75, 3.05) is 39.6 Å². The Morgan fingerprint density at radius 1 is 0.284 bits per heavy atom. The average molecular weight is 1180 g/mol. The highest BCUT2D eigenvalue weighted by Gasteiger charge is 2.52. The first kappa shape index (κ1) is 56.7. The summed E-state index contributed by atoms with van der Waals surface area (Å²) in [4.78, 5) is 0. The van der Waals surface area contributed by atoms with Gasteiger partial charge in [0.1, 0.15) is 71.6 Å². The fourth-order valence-electron chi connectivity index (χ4n) is 7.38. The van der Waals surface area contributed by atoms with E-state index in [1.54, 1.807) is 0 Å². The van der Waals surface area contributed by atoms with E-state index in [1.807, 2.05) is 48.5 Å². The first-order valence-electron chi connectivity index (χ1n) is 20.6. The fraction of sp³-hybridized carbons (Fsp3) is 0.125. The third-order valence-corrected chi connectivity index (χ3v) is 13.4. The predicted octanol–water partition coefficient (Wildman–Crippen LogP) is 7.15. The minimum atomic E-state index is -7.22. The lowest BCUT2D eigenvalue weighted by Crippen LogP contribution is -3.61. The highest BCUT2D eigenvalue weighted by molar-refractivity contribution is 7.20. The minimum Gasteiger partial charge on any atom is -0.491 e. The molecule has 7 aromatic rings. The Kier molecular flexibility index (Phi) is 18.6. The zero-order valence-electron chi connectivity index (χ0n) is 36.5. The van der Waals surface area contributed by atoms with Crippen molar-refractivity contribution in [2.45, 2.75) is 0 Å². The number of para-hydroxylation sites is 2. The molecule has 7 aromatic carbocycles. The number of hydrogen-bond donors (Lipinski definition) is 0. The Morgan fingerprint density at radius 2 is 0.554 bits per heavy atom. The highest BCUT2D eigenvalue weighted by Crippen LogP contribution is 2.31. The molecular formula is C48H26BF20IO4. The smallest absolute Gasteiger partial charge is 0.362 e. The summed E-state index contributed by atoms with van der Waals surface area (Å²) < 4.78 is 319. The lowest BCUT2D eigenvalue weighted by Gasteiger charge is -2.44. The summed E-state index contributed by atoms with van der Waals surface area (Å²) in [6.07, 6.45) is -7.22. The van der Waals surface area contributed by atoms with Gasteiger partial charge < -0.3 is 18.9 Å². The number of ether oxygens (including phenoxy) is 4. The molecule has 0 bridgehead atoms. The van der Waals surface area contributed by atoms with E-state index in [0.29, 0.717) is 39.6 Å². The van der Waals surface area contributed by atoms with E-state index >= 15 is 35.1 Å². The van der Waals surface area contributed by atoms with Crippen molar-refractivity contribution >= 4 is 28.0 Å². The van der Waals surface area contributed by atoms with Gasteiger partial charge in [-0.05, 0) is 36.4 Å². The first-order chi connectivity index (χ1) is 35.1. The van der Waals surface area contributed by atoms with Crippen LogP contribution in [-0.2, 0) is 9.47 Å². The molecule has 0 amide bonds. The zero-order chi connectivity index (χ0) is 54.3. The molecule has 0 aromatic heterocycles. The predicted molar refractivity (Wildman–Crippen MR) is 219 cm³/mol. The summed E-state index contributed by atoms with van der Waals surface area (Å²) in [6, 6.07) is 28.6. The minimum absolute atomic E-state index is 0.246. The summed E-state index contributed by atoms with van der Waals surface area (Å²) in [7, 11) is 0. The largest absolute Gasteiger partial charge is 0.491 e. The third kappa shape index (κ3) is 11.0. The van der Waals surface area contributed by atoms with E-state index in [2.05, 4.69) is 36.4 Å². The van der Waals surface area contributed by atoms with Crippen LogP contribution in [-0.4, -0.2) is 45.8 Å². The lowest BCUT2D eigenvalue weighted by molar-refractivity contribution is -0.598. The standard InChI is InChI=1S/C24BF20.C24H26IO4/c26-5-1(6(27)14(35)21(42)13(5)34)25(2-7(28)15(36)22(43)16(37)8(2)29,3-9(30)17(38)23(44)18(39)10(3)31)4-11(32)19(40)24(45)20(41)12(4)33;1-3-9-21(10-4-1)25-23-13-7-8-14-24(23)29-20-18-27-16-15-26-17-19-28-22-11-5-2-6-12-22/h;1-14H,15-20H2/q-1;+1. The van der Waals surface area contributed by atoms with Gasteiger partial charge in [-0.15, -0.1) is 21.9 Å². The van der Waals surface area contributed by atoms with Gasteiger partial charge in [-0.2, -0.15) is 0 Å². The molecule has 0 spiro atoms. The molecule has 0 aliphatic rings. The molecular weight excluding hydrogens is 1160 g/mol. The van der Waals surface area contributed by atoms with E-state index < -0.39 is 144 Å². The van der Waals surface area contributed by atoms with Gasteiger partial charge in [0.2, 0.25) is 3.57 Å². The van der Waals surface area contributed by atoms with Crippen molar-refractivity contribution in [1.29, 1.82) is 0 Å². The van der Waals surface area contributed by atoms with Gasteiger partial charge in [-0.3, -0.25) is 0 Å². The van der Waals surface area contributed by atoms with Crippen LogP contribution in [0.3, 0.4) is 0 Å². The normalized spacial score (nSPS) is 11.5. The fourth-order valence-corrected chi connectivity index (χ4v) is 9.81. The van der Waals surface area contributed by atoms with Gasteiger partial charge in [0.15, 0.2) is 79.1 Å². The van der Waals surface area contributed by atoms with Crippen LogP contribution in [0.25, 0.3) is 0 Å². The molecule has 0 unspecified atom stereocenters. The quantitative estimate of drug-likeness (QED) is 0.0243. The number of hydrogen-bond acceptors (Lipinski definition) is 4. The van der Waals surface area contributed by atoms with Crippen LogP contribution in [0, 0.1) is 123 Å². The molecule has 74 heavy (non-hydrogen) atoms. The molecule has 0 saturated carbocycles. The number of benzene rings is 7. The van der Waals surface area contributed by atoms with Crippen molar-refractivity contribution in [3.05, 3.63) is 208 Å². The van der Waals surface area contributed by atoms with Crippen LogP contribution in [0.4, 0.5) is 87.8 Å². The molecule has 0 aliphatic carbocycles. The molecule has 392 valence electrons. The van der Waals surface area contributed by atoms with Crippen LogP contribution >= 0.6 is 0 Å². The molecule has 0 N–H and O–H groups in total. The zero-order valence-corrected chi connectivity index (χ0v) is 38.6. The summed E-state index contributed by atoms with van der Waals surface area (Å²) in [6.45, 7) is 3.26. The van der Waals surface area contributed by atoms with E-state index in [4.69, 9.17) is 18.9 Å². The van der Waals surface area contributed by atoms with Crippen LogP contribution in [0.15, 0.2) is 84.9 Å². The van der Waals surface area contributed by atoms with Crippen molar-refractivity contribution in [3.8, 4) is 11.5 Å². The molecule has 0 fully saturated rings. The molecule has 7 rings (SSSR count). The second kappa shape index (κ2) is 24.2. The Bertz CT molecular complexity index is 2790. The summed E-state index contributed by atoms with van der Waals surface area (Å²) in [5, 5.41) is 0. The second-order valence-electron chi connectivity index (χ2n) is 14.9. The SMILES string of the molecule is Fc1c(F)c(F)c([B-](c2c(F)c(F)c(F)c(F)c2F)(c2c(F)c(F)c(F)c(F)c2F)c2c(F)c(F)c(F)c(F)c2F)c(F)c1F.c1ccc(OCCOCCOCCOc2ccccc2[I+]c2ccccc2)cc1. The molecule has 0 atom stereocenters. The number of rotatable bonds is 17. The Morgan fingerprint density at radius 3 is 0.905 bits per heavy atom. The Labute approximate surface area is 414 Å². The topological polar surface area (TPSA) is 36.9 Å². The van der Waals surface area contributed by atoms with E-state index in [0.717, 1.165) is 11.5 Å². The molecule has 0 heterocycles. The van der Waals surface area contributed by atoms with E-state index in [-0.39, 0.29) is 21.2 Å². The monoisotopic (exact) mass is 1180 g/mol. The van der Waals surface area contributed by atoms with Crippen LogP contribution in [0.5, 0.6) is 11.5 Å². The molecule has 0 saturated heterocycles. The van der Waals surface area contributed by atoms with E-state index in [9.17, 15) is 52.7 Å². The summed E-state index contributed by atoms with van der Waals surface area (Å²) >= 11 is -0.246. The van der Waals surface area contributed by atoms with Gasteiger partial charge in [0, 0.05) is 0 Å². The van der Waals surface area contributed by atoms with Crippen molar-refractivity contribution < 1.29 is 128 Å². The van der Waals surface area contributed by atoms with Gasteiger partial charge in [-0.1, -0.05) is 48.5 Å². The number of halogens is 21. The Balaban J connectivity index is 0.000000265. The van der Waals surface area contributed by atoms with Crippen molar-refractivity contribution in [3.63, 3.8) is 0 Å². The molecule has 0 aliphatic heterocycles. The van der Waals surface area contributed by atoms with Gasteiger partial charge in [-0.25, -0.2) is 87.8 Å². The molecule has 0 radical (unpaired) electrons. The first-order valence-corrected chi connectivity index (χ1v) is 22.8. The van der Waals surface area contributed by atoms with Gasteiger partial charge >= 0.3 is 21.2 Å². The summed E-state index contributed by atoms with van der Waals surface area (Å²) in [5.74, 6) is -69.6. The van der Waals surface area contributed by atoms with E-state index in [1.165, 1.54) is 7.14 Å². The van der Waals surface area contributed by atoms with Crippen molar-refractivity contribution in [2.24, 2.45) is 0 Å². The van der Waals surface area contributed by atoms with Crippen LogP contribution in [0.2, 0.25) is 0 Å². The summed E-state index contributed by atoms with van der Waals surface area (Å²) in [5.41, 5.74) is -14.3. The van der Waals surface area contributed by atoms with Crippen molar-refractivity contribution in [1.82, 2.24) is 0 Å². The van der Waals surface area contributed by atoms with Crippen LogP contribution < -0.4 is 52.5 Å². The third-order valence-electron chi connectivity index (χ3n) is 10.6. The Hall–Kier alpha value is -6.55. The highest BCUT2D eigenvalue weighted by atomic mass is 127. The van der Waals surface area contributed by atoms with Crippen LogP contribution in [0.1, 0.15) is 0 Å². The second-order valence-corrected chi connectivity index (χ2v) is 17.8. The maximum absolute atomic E-state index is 15.4. The maximum Gasteiger partial charge on any atom is 0.362 e. The maximum atomic E-state index is 15.4. The lowest BCUT2D eigenvalue weighted by atomic mass is 9.12.